The Morgan fingerprint density at radius 2 is 1.63 bits per heavy atom. The third kappa shape index (κ3) is 4.67. The molecule has 0 N–H and O–H groups in total. The summed E-state index contributed by atoms with van der Waals surface area (Å²) in [6.07, 6.45) is 13.3. The molecule has 1 saturated carbocycles. The minimum Gasteiger partial charge on any atom is -0.206 e. The summed E-state index contributed by atoms with van der Waals surface area (Å²) < 4.78 is 14.6. The van der Waals surface area contributed by atoms with E-state index in [1.807, 2.05) is 31.2 Å². The highest BCUT2D eigenvalue weighted by atomic mass is 19.1. The van der Waals surface area contributed by atoms with E-state index in [2.05, 4.69) is 49.4 Å². The van der Waals surface area contributed by atoms with Gasteiger partial charge in [0.25, 0.3) is 0 Å². The summed E-state index contributed by atoms with van der Waals surface area (Å²) in [4.78, 5) is 0. The average molecular weight is 401 g/mol. The van der Waals surface area contributed by atoms with Gasteiger partial charge in [0.1, 0.15) is 5.82 Å². The summed E-state index contributed by atoms with van der Waals surface area (Å²) in [6.45, 7) is 4.13. The van der Waals surface area contributed by atoms with Gasteiger partial charge in [-0.05, 0) is 97.4 Å². The van der Waals surface area contributed by atoms with E-state index in [1.165, 1.54) is 49.7 Å². The Hall–Kier alpha value is -2.41. The summed E-state index contributed by atoms with van der Waals surface area (Å²) in [5, 5.41) is 1.69. The summed E-state index contributed by atoms with van der Waals surface area (Å²) in [7, 11) is 0. The number of aryl methyl sites for hydroxylation is 2. The van der Waals surface area contributed by atoms with Gasteiger partial charge in [0.15, 0.2) is 0 Å². The first-order valence-corrected chi connectivity index (χ1v) is 11.6. The molecule has 4 rings (SSSR count). The Bertz CT molecular complexity index is 1000. The predicted molar refractivity (Wildman–Crippen MR) is 127 cm³/mol. The van der Waals surface area contributed by atoms with Crippen LogP contribution in [0.3, 0.4) is 0 Å². The third-order valence-corrected chi connectivity index (χ3v) is 6.90. The summed E-state index contributed by atoms with van der Waals surface area (Å²) in [5.41, 5.74) is 4.57. The van der Waals surface area contributed by atoms with E-state index >= 15 is 0 Å². The molecule has 0 radical (unpaired) electrons. The highest BCUT2D eigenvalue weighted by molar-refractivity contribution is 5.88. The molecule has 0 aromatic heterocycles. The number of halogens is 1. The molecule has 1 aliphatic carbocycles. The third-order valence-electron chi connectivity index (χ3n) is 6.90. The van der Waals surface area contributed by atoms with Crippen molar-refractivity contribution >= 4 is 10.8 Å². The molecule has 1 aliphatic rings. The number of rotatable bonds is 6. The van der Waals surface area contributed by atoms with Crippen LogP contribution in [0.4, 0.5) is 4.39 Å². The molecular weight excluding hydrogens is 367 g/mol. The lowest BCUT2D eigenvalue weighted by Crippen LogP contribution is -2.13. The van der Waals surface area contributed by atoms with E-state index in [1.54, 1.807) is 0 Å². The molecule has 0 amide bonds. The maximum Gasteiger partial charge on any atom is 0.134 e. The van der Waals surface area contributed by atoms with Gasteiger partial charge in [0, 0.05) is 5.39 Å². The highest BCUT2D eigenvalue weighted by Crippen LogP contribution is 2.33. The van der Waals surface area contributed by atoms with Gasteiger partial charge in [0.2, 0.25) is 0 Å². The van der Waals surface area contributed by atoms with Crippen LogP contribution in [0.15, 0.2) is 66.7 Å². The topological polar surface area (TPSA) is 0 Å². The zero-order valence-corrected chi connectivity index (χ0v) is 18.3. The minimum absolute atomic E-state index is 0.0725. The Morgan fingerprint density at radius 3 is 2.33 bits per heavy atom. The molecule has 3 aromatic carbocycles. The molecule has 156 valence electrons. The van der Waals surface area contributed by atoms with Crippen molar-refractivity contribution in [3.05, 3.63) is 83.7 Å². The minimum atomic E-state index is -0.0725. The molecule has 0 heterocycles. The van der Waals surface area contributed by atoms with Gasteiger partial charge in [0.05, 0.1) is 0 Å². The van der Waals surface area contributed by atoms with Crippen molar-refractivity contribution in [2.45, 2.75) is 58.8 Å². The molecule has 0 nitrogen and oxygen atoms in total. The van der Waals surface area contributed by atoms with Crippen LogP contribution >= 0.6 is 0 Å². The largest absolute Gasteiger partial charge is 0.206 e. The van der Waals surface area contributed by atoms with Gasteiger partial charge in [-0.1, -0.05) is 67.6 Å². The predicted octanol–water partition coefficient (Wildman–Crippen LogP) is 8.52. The van der Waals surface area contributed by atoms with Crippen LogP contribution in [0.1, 0.15) is 57.1 Å². The first kappa shape index (κ1) is 20.8. The Morgan fingerprint density at radius 1 is 0.900 bits per heavy atom. The molecule has 0 atom stereocenters. The van der Waals surface area contributed by atoms with Crippen LogP contribution in [-0.4, -0.2) is 0 Å². The molecule has 0 aliphatic heterocycles. The molecule has 1 heteroatoms. The number of allylic oxidation sites excluding steroid dienone is 2. The molecular formula is C29H33F. The van der Waals surface area contributed by atoms with Crippen molar-refractivity contribution in [3.8, 4) is 11.1 Å². The SMILES string of the molecule is C/C=C/C1CCC(CCc2ccc(-c3ccc4c(F)c(CC)ccc4c3)cc2)CC1. The quantitative estimate of drug-likeness (QED) is 0.364. The molecule has 0 saturated heterocycles. The van der Waals surface area contributed by atoms with Crippen LogP contribution in [0, 0.1) is 17.7 Å². The van der Waals surface area contributed by atoms with E-state index in [4.69, 9.17) is 0 Å². The summed E-state index contributed by atoms with van der Waals surface area (Å²) in [5.74, 6) is 1.63. The van der Waals surface area contributed by atoms with Crippen molar-refractivity contribution in [1.82, 2.24) is 0 Å². The van der Waals surface area contributed by atoms with Gasteiger partial charge in [-0.25, -0.2) is 4.39 Å². The van der Waals surface area contributed by atoms with Crippen molar-refractivity contribution in [3.63, 3.8) is 0 Å². The molecule has 30 heavy (non-hydrogen) atoms. The lowest BCUT2D eigenvalue weighted by molar-refractivity contribution is 0.296. The van der Waals surface area contributed by atoms with Crippen molar-refractivity contribution in [2.24, 2.45) is 11.8 Å². The second-order valence-corrected chi connectivity index (χ2v) is 8.87. The second kappa shape index (κ2) is 9.60. The smallest absolute Gasteiger partial charge is 0.134 e. The first-order valence-electron chi connectivity index (χ1n) is 11.6. The fraction of sp³-hybridized carbons (Fsp3) is 0.379. The van der Waals surface area contributed by atoms with Crippen LogP contribution < -0.4 is 0 Å². The summed E-state index contributed by atoms with van der Waals surface area (Å²) in [6, 6.07) is 19.0. The van der Waals surface area contributed by atoms with Crippen molar-refractivity contribution in [1.29, 1.82) is 0 Å². The first-order chi connectivity index (χ1) is 14.7. The zero-order chi connectivity index (χ0) is 20.9. The standard InChI is InChI=1S/C29H33F/c1-3-5-21-6-8-22(9-7-21)10-11-23-12-14-25(15-13-23)26-18-19-28-27(20-26)17-16-24(4-2)29(28)30/h3,5,12-22H,4,6-11H2,1-2H3/b5-3+. The van der Waals surface area contributed by atoms with E-state index in [9.17, 15) is 4.39 Å². The van der Waals surface area contributed by atoms with E-state index in [0.717, 1.165) is 40.2 Å². The van der Waals surface area contributed by atoms with Crippen molar-refractivity contribution < 1.29 is 4.39 Å². The average Bonchev–Trinajstić information content (AvgIpc) is 2.79. The van der Waals surface area contributed by atoms with E-state index < -0.39 is 0 Å². The Labute approximate surface area is 180 Å². The van der Waals surface area contributed by atoms with Gasteiger partial charge >= 0.3 is 0 Å². The molecule has 0 unspecified atom stereocenters. The van der Waals surface area contributed by atoms with Crippen LogP contribution in [0.2, 0.25) is 0 Å². The Kier molecular flexibility index (Phi) is 6.67. The fourth-order valence-electron chi connectivity index (χ4n) is 4.97. The normalized spacial score (nSPS) is 19.6. The zero-order valence-electron chi connectivity index (χ0n) is 18.3. The van der Waals surface area contributed by atoms with Gasteiger partial charge < -0.3 is 0 Å². The number of fused-ring (bicyclic) bond motifs is 1. The number of hydrogen-bond donors (Lipinski definition) is 0. The molecule has 1 fully saturated rings. The van der Waals surface area contributed by atoms with Gasteiger partial charge in [-0.15, -0.1) is 0 Å². The fourth-order valence-corrected chi connectivity index (χ4v) is 4.97. The maximum absolute atomic E-state index is 14.6. The van der Waals surface area contributed by atoms with E-state index in [0.29, 0.717) is 0 Å². The Balaban J connectivity index is 1.40. The van der Waals surface area contributed by atoms with Gasteiger partial charge in [-0.2, -0.15) is 0 Å². The van der Waals surface area contributed by atoms with Crippen LogP contribution in [-0.2, 0) is 12.8 Å². The lowest BCUT2D eigenvalue weighted by Gasteiger charge is -2.26. The van der Waals surface area contributed by atoms with Crippen LogP contribution in [0.25, 0.3) is 21.9 Å². The second-order valence-electron chi connectivity index (χ2n) is 8.87. The monoisotopic (exact) mass is 400 g/mol. The lowest BCUT2D eigenvalue weighted by atomic mass is 9.79. The molecule has 0 spiro atoms. The number of benzene rings is 3. The van der Waals surface area contributed by atoms with Crippen molar-refractivity contribution in [2.75, 3.05) is 0 Å². The van der Waals surface area contributed by atoms with E-state index in [-0.39, 0.29) is 5.82 Å². The maximum atomic E-state index is 14.6. The number of hydrogen-bond acceptors (Lipinski definition) is 0. The molecule has 0 bridgehead atoms. The van der Waals surface area contributed by atoms with Gasteiger partial charge in [-0.3, -0.25) is 0 Å². The highest BCUT2D eigenvalue weighted by Gasteiger charge is 2.19. The molecule has 3 aromatic rings. The van der Waals surface area contributed by atoms with Crippen LogP contribution in [0.5, 0.6) is 0 Å². The summed E-state index contributed by atoms with van der Waals surface area (Å²) >= 11 is 0.